The number of carbonyl (C=O) groups excluding carboxylic acids is 1. The lowest BCUT2D eigenvalue weighted by Gasteiger charge is -2.19. The zero-order valence-corrected chi connectivity index (χ0v) is 12.8. The van der Waals surface area contributed by atoms with Crippen molar-refractivity contribution in [3.63, 3.8) is 0 Å². The Morgan fingerprint density at radius 3 is 2.48 bits per heavy atom. The third kappa shape index (κ3) is 5.41. The van der Waals surface area contributed by atoms with Crippen LogP contribution < -0.4 is 10.6 Å². The largest absolute Gasteiger partial charge is 0.480 e. The van der Waals surface area contributed by atoms with Gasteiger partial charge >= 0.3 is 12.0 Å². The number of aliphatic hydroxyl groups excluding tert-OH is 1. The fraction of sp³-hybridized carbons (Fsp3) is 0.385. The lowest BCUT2D eigenvalue weighted by molar-refractivity contribution is -0.139. The predicted octanol–water partition coefficient (Wildman–Crippen LogP) is 2.19. The van der Waals surface area contributed by atoms with Crippen LogP contribution in [0.2, 0.25) is 10.0 Å². The van der Waals surface area contributed by atoms with Gasteiger partial charge < -0.3 is 20.8 Å². The summed E-state index contributed by atoms with van der Waals surface area (Å²) in [7, 11) is 0. The first-order valence-corrected chi connectivity index (χ1v) is 6.96. The molecule has 0 aromatic heterocycles. The number of urea groups is 1. The van der Waals surface area contributed by atoms with E-state index >= 15 is 0 Å². The highest BCUT2D eigenvalue weighted by atomic mass is 35.5. The van der Waals surface area contributed by atoms with Gasteiger partial charge in [0.2, 0.25) is 0 Å². The smallest absolute Gasteiger partial charge is 0.326 e. The van der Waals surface area contributed by atoms with Crippen molar-refractivity contribution < 1.29 is 19.8 Å². The van der Waals surface area contributed by atoms with E-state index in [0.717, 1.165) is 0 Å². The van der Waals surface area contributed by atoms with Crippen molar-refractivity contribution in [2.75, 3.05) is 6.61 Å². The van der Waals surface area contributed by atoms with E-state index in [1.165, 1.54) is 0 Å². The second-order valence-electron chi connectivity index (χ2n) is 4.41. The SMILES string of the molecule is CC(NC(=O)NC(CCO)C(=O)O)c1ccc(Cl)cc1Cl. The van der Waals surface area contributed by atoms with Crippen molar-refractivity contribution in [1.82, 2.24) is 10.6 Å². The monoisotopic (exact) mass is 334 g/mol. The molecule has 116 valence electrons. The number of aliphatic hydroxyl groups is 1. The number of carbonyl (C=O) groups is 2. The standard InChI is InChI=1S/C13H16Cl2N2O4/c1-7(9-3-2-8(14)6-10(9)15)16-13(21)17-11(4-5-18)12(19)20/h2-3,6-7,11,18H,4-5H2,1H3,(H,19,20)(H2,16,17,21). The van der Waals surface area contributed by atoms with Crippen LogP contribution in [0.3, 0.4) is 0 Å². The van der Waals surface area contributed by atoms with Crippen LogP contribution >= 0.6 is 23.2 Å². The van der Waals surface area contributed by atoms with Crippen LogP contribution in [0.4, 0.5) is 4.79 Å². The van der Waals surface area contributed by atoms with Gasteiger partial charge in [-0.2, -0.15) is 0 Å². The van der Waals surface area contributed by atoms with Crippen LogP contribution in [0, 0.1) is 0 Å². The molecule has 0 radical (unpaired) electrons. The third-order valence-corrected chi connectivity index (χ3v) is 3.36. The Labute approximate surface area is 132 Å². The van der Waals surface area contributed by atoms with E-state index < -0.39 is 24.1 Å². The van der Waals surface area contributed by atoms with Gasteiger partial charge in [0.05, 0.1) is 6.04 Å². The molecule has 21 heavy (non-hydrogen) atoms. The topological polar surface area (TPSA) is 98.7 Å². The Bertz CT molecular complexity index is 525. The van der Waals surface area contributed by atoms with Crippen LogP contribution in [0.15, 0.2) is 18.2 Å². The molecule has 0 aliphatic rings. The molecule has 0 saturated heterocycles. The van der Waals surface area contributed by atoms with Gasteiger partial charge in [0.15, 0.2) is 0 Å². The van der Waals surface area contributed by atoms with Crippen molar-refractivity contribution >= 4 is 35.2 Å². The molecule has 1 rings (SSSR count). The van der Waals surface area contributed by atoms with Gasteiger partial charge in [-0.15, -0.1) is 0 Å². The predicted molar refractivity (Wildman–Crippen MR) is 79.7 cm³/mol. The zero-order valence-electron chi connectivity index (χ0n) is 11.3. The summed E-state index contributed by atoms with van der Waals surface area (Å²) < 4.78 is 0. The summed E-state index contributed by atoms with van der Waals surface area (Å²) in [4.78, 5) is 22.6. The molecule has 1 aromatic carbocycles. The average Bonchev–Trinajstić information content (AvgIpc) is 2.37. The molecule has 0 heterocycles. The maximum Gasteiger partial charge on any atom is 0.326 e. The third-order valence-electron chi connectivity index (χ3n) is 2.80. The van der Waals surface area contributed by atoms with E-state index in [2.05, 4.69) is 10.6 Å². The van der Waals surface area contributed by atoms with E-state index in [4.69, 9.17) is 33.4 Å². The summed E-state index contributed by atoms with van der Waals surface area (Å²) >= 11 is 11.8. The number of carboxylic acids is 1. The minimum absolute atomic E-state index is 0.0706. The van der Waals surface area contributed by atoms with Crippen LogP contribution in [-0.2, 0) is 4.79 Å². The van der Waals surface area contributed by atoms with Crippen molar-refractivity contribution in [3.05, 3.63) is 33.8 Å². The highest BCUT2D eigenvalue weighted by Gasteiger charge is 2.20. The molecule has 2 amide bonds. The minimum Gasteiger partial charge on any atom is -0.480 e. The van der Waals surface area contributed by atoms with Gasteiger partial charge in [-0.05, 0) is 24.6 Å². The molecular weight excluding hydrogens is 319 g/mol. The summed E-state index contributed by atoms with van der Waals surface area (Å²) in [6.45, 7) is 1.37. The second-order valence-corrected chi connectivity index (χ2v) is 5.25. The fourth-order valence-corrected chi connectivity index (χ4v) is 2.29. The molecule has 6 nitrogen and oxygen atoms in total. The Balaban J connectivity index is 2.67. The van der Waals surface area contributed by atoms with Crippen molar-refractivity contribution in [2.24, 2.45) is 0 Å². The van der Waals surface area contributed by atoms with Crippen molar-refractivity contribution in [1.29, 1.82) is 0 Å². The van der Waals surface area contributed by atoms with E-state index in [1.54, 1.807) is 25.1 Å². The molecule has 1 aromatic rings. The van der Waals surface area contributed by atoms with E-state index in [1.807, 2.05) is 0 Å². The first-order chi connectivity index (χ1) is 9.85. The fourth-order valence-electron chi connectivity index (χ4n) is 1.71. The van der Waals surface area contributed by atoms with Crippen LogP contribution in [0.1, 0.15) is 24.9 Å². The molecule has 8 heteroatoms. The number of carboxylic acid groups (broad SMARTS) is 1. The summed E-state index contributed by atoms with van der Waals surface area (Å²) in [5.41, 5.74) is 0.658. The molecule has 2 atom stereocenters. The Morgan fingerprint density at radius 1 is 1.29 bits per heavy atom. The van der Waals surface area contributed by atoms with Gasteiger partial charge in [0.1, 0.15) is 6.04 Å². The number of halogens is 2. The van der Waals surface area contributed by atoms with Crippen LogP contribution in [0.25, 0.3) is 0 Å². The van der Waals surface area contributed by atoms with Crippen molar-refractivity contribution in [2.45, 2.75) is 25.4 Å². The number of amides is 2. The number of aliphatic carboxylic acids is 1. The number of hydrogen-bond donors (Lipinski definition) is 4. The summed E-state index contributed by atoms with van der Waals surface area (Å²) in [6, 6.07) is 2.64. The number of rotatable bonds is 6. The lowest BCUT2D eigenvalue weighted by Crippen LogP contribution is -2.47. The number of benzene rings is 1. The molecule has 0 saturated carbocycles. The summed E-state index contributed by atoms with van der Waals surface area (Å²) in [6.07, 6.45) is -0.0706. The first-order valence-electron chi connectivity index (χ1n) is 6.20. The van der Waals surface area contributed by atoms with Gasteiger partial charge in [-0.3, -0.25) is 0 Å². The molecule has 0 fully saturated rings. The van der Waals surface area contributed by atoms with Crippen LogP contribution in [0.5, 0.6) is 0 Å². The van der Waals surface area contributed by atoms with Gasteiger partial charge in [-0.25, -0.2) is 9.59 Å². The molecule has 0 bridgehead atoms. The molecule has 4 N–H and O–H groups in total. The Morgan fingerprint density at radius 2 is 1.95 bits per heavy atom. The minimum atomic E-state index is -1.21. The number of hydrogen-bond acceptors (Lipinski definition) is 3. The van der Waals surface area contributed by atoms with E-state index in [9.17, 15) is 9.59 Å². The van der Waals surface area contributed by atoms with Gasteiger partial charge in [-0.1, -0.05) is 29.3 Å². The second kappa shape index (κ2) is 8.07. The highest BCUT2D eigenvalue weighted by Crippen LogP contribution is 2.25. The number of nitrogens with one attached hydrogen (secondary N) is 2. The highest BCUT2D eigenvalue weighted by molar-refractivity contribution is 6.35. The Hall–Kier alpha value is -1.50. The molecule has 0 spiro atoms. The lowest BCUT2D eigenvalue weighted by atomic mass is 10.1. The first kappa shape index (κ1) is 17.6. The maximum atomic E-state index is 11.8. The van der Waals surface area contributed by atoms with Crippen LogP contribution in [-0.4, -0.2) is 34.9 Å². The van der Waals surface area contributed by atoms with E-state index in [0.29, 0.717) is 15.6 Å². The van der Waals surface area contributed by atoms with E-state index in [-0.39, 0.29) is 13.0 Å². The molecule has 0 aliphatic heterocycles. The van der Waals surface area contributed by atoms with Gasteiger partial charge in [0, 0.05) is 23.1 Å². The maximum absolute atomic E-state index is 11.8. The average molecular weight is 335 g/mol. The normalized spacial score (nSPS) is 13.3. The molecule has 0 aliphatic carbocycles. The summed E-state index contributed by atoms with van der Waals surface area (Å²) in [5.74, 6) is -1.21. The quantitative estimate of drug-likeness (QED) is 0.640. The zero-order chi connectivity index (χ0) is 16.0. The molecular formula is C13H16Cl2N2O4. The summed E-state index contributed by atoms with van der Waals surface area (Å²) in [5, 5.41) is 23.4. The van der Waals surface area contributed by atoms with Gasteiger partial charge in [0.25, 0.3) is 0 Å². The molecule has 2 unspecified atom stereocenters. The Kier molecular flexibility index (Phi) is 6.74. The van der Waals surface area contributed by atoms with Crippen molar-refractivity contribution in [3.8, 4) is 0 Å².